The summed E-state index contributed by atoms with van der Waals surface area (Å²) in [5.74, 6) is 1.02. The molecule has 3 N–H and O–H groups in total. The van der Waals surface area contributed by atoms with Gasteiger partial charge in [0.25, 0.3) is 5.91 Å². The molecule has 3 rings (SSSR count). The lowest BCUT2D eigenvalue weighted by Gasteiger charge is -2.18. The minimum Gasteiger partial charge on any atom is -0.486 e. The Morgan fingerprint density at radius 1 is 1.10 bits per heavy atom. The molecule has 0 fully saturated rings. The Morgan fingerprint density at radius 2 is 1.86 bits per heavy atom. The number of ether oxygens (including phenoxy) is 2. The predicted molar refractivity (Wildman–Crippen MR) is 81.0 cm³/mol. The van der Waals surface area contributed by atoms with Gasteiger partial charge in [0.1, 0.15) is 13.2 Å². The molecule has 0 unspecified atom stereocenters. The number of hydrogen-bond donors (Lipinski definition) is 2. The molecule has 0 atom stereocenters. The molecule has 0 radical (unpaired) electrons. The average Bonchev–Trinajstić information content (AvgIpc) is 2.50. The number of anilines is 2. The van der Waals surface area contributed by atoms with Gasteiger partial charge >= 0.3 is 0 Å². The number of hydrogen-bond acceptors (Lipinski definition) is 4. The summed E-state index contributed by atoms with van der Waals surface area (Å²) in [5, 5.41) is 2.81. The molecule has 1 heterocycles. The highest BCUT2D eigenvalue weighted by Gasteiger charge is 2.15. The lowest BCUT2D eigenvalue weighted by atomic mass is 10.1. The number of rotatable bonds is 2. The molecule has 1 aliphatic rings. The number of aryl methyl sites for hydroxylation is 1. The van der Waals surface area contributed by atoms with Gasteiger partial charge in [0.15, 0.2) is 11.5 Å². The molecule has 1 amide bonds. The van der Waals surface area contributed by atoms with E-state index in [1.165, 1.54) is 0 Å². The van der Waals surface area contributed by atoms with Crippen molar-refractivity contribution >= 4 is 17.3 Å². The lowest BCUT2D eigenvalue weighted by Crippen LogP contribution is -2.17. The first-order valence-corrected chi connectivity index (χ1v) is 6.70. The molecule has 0 spiro atoms. The van der Waals surface area contributed by atoms with Crippen LogP contribution in [-0.2, 0) is 0 Å². The fraction of sp³-hybridized carbons (Fsp3) is 0.188. The van der Waals surface area contributed by atoms with Crippen LogP contribution >= 0.6 is 0 Å². The van der Waals surface area contributed by atoms with Crippen molar-refractivity contribution < 1.29 is 14.3 Å². The van der Waals surface area contributed by atoms with Crippen molar-refractivity contribution in [2.24, 2.45) is 0 Å². The standard InChI is InChI=1S/C16H16N2O3/c1-10-2-4-12(17)13(8-10)18-16(19)11-3-5-14-15(9-11)21-7-6-20-14/h2-5,8-9H,6-7,17H2,1H3,(H,18,19). The van der Waals surface area contributed by atoms with Gasteiger partial charge in [0.2, 0.25) is 0 Å². The summed E-state index contributed by atoms with van der Waals surface area (Å²) in [7, 11) is 0. The number of nitrogens with two attached hydrogens (primary N) is 1. The summed E-state index contributed by atoms with van der Waals surface area (Å²) < 4.78 is 10.9. The summed E-state index contributed by atoms with van der Waals surface area (Å²) in [6, 6.07) is 10.6. The highest BCUT2D eigenvalue weighted by molar-refractivity contribution is 6.06. The normalized spacial score (nSPS) is 12.8. The summed E-state index contributed by atoms with van der Waals surface area (Å²) in [6.45, 7) is 2.96. The van der Waals surface area contributed by atoms with E-state index < -0.39 is 0 Å². The molecule has 0 saturated heterocycles. The van der Waals surface area contributed by atoms with Crippen molar-refractivity contribution in [3.63, 3.8) is 0 Å². The van der Waals surface area contributed by atoms with E-state index in [1.807, 2.05) is 19.1 Å². The molecule has 1 aliphatic heterocycles. The van der Waals surface area contributed by atoms with E-state index in [1.54, 1.807) is 24.3 Å². The predicted octanol–water partition coefficient (Wildman–Crippen LogP) is 2.60. The fourth-order valence-corrected chi connectivity index (χ4v) is 2.16. The van der Waals surface area contributed by atoms with Crippen molar-refractivity contribution in [2.75, 3.05) is 24.3 Å². The zero-order valence-electron chi connectivity index (χ0n) is 11.7. The summed E-state index contributed by atoms with van der Waals surface area (Å²) in [5.41, 5.74) is 8.54. The molecule has 21 heavy (non-hydrogen) atoms. The maximum Gasteiger partial charge on any atom is 0.255 e. The largest absolute Gasteiger partial charge is 0.486 e. The fourth-order valence-electron chi connectivity index (χ4n) is 2.16. The van der Waals surface area contributed by atoms with Crippen LogP contribution in [0.2, 0.25) is 0 Å². The quantitative estimate of drug-likeness (QED) is 0.831. The van der Waals surface area contributed by atoms with Crippen molar-refractivity contribution in [1.29, 1.82) is 0 Å². The van der Waals surface area contributed by atoms with Crippen LogP contribution in [-0.4, -0.2) is 19.1 Å². The summed E-state index contributed by atoms with van der Waals surface area (Å²) in [4.78, 5) is 12.3. The third kappa shape index (κ3) is 2.76. The second-order valence-electron chi connectivity index (χ2n) is 4.90. The number of carbonyl (C=O) groups is 1. The van der Waals surface area contributed by atoms with Gasteiger partial charge in [-0.1, -0.05) is 6.07 Å². The highest BCUT2D eigenvalue weighted by Crippen LogP contribution is 2.31. The van der Waals surface area contributed by atoms with Gasteiger partial charge in [-0.3, -0.25) is 4.79 Å². The Bertz CT molecular complexity index is 698. The molecule has 5 heteroatoms. The number of amides is 1. The summed E-state index contributed by atoms with van der Waals surface area (Å²) >= 11 is 0. The minimum atomic E-state index is -0.232. The number of benzene rings is 2. The van der Waals surface area contributed by atoms with E-state index in [0.717, 1.165) is 5.56 Å². The van der Waals surface area contributed by atoms with Gasteiger partial charge in [-0.25, -0.2) is 0 Å². The Balaban J connectivity index is 1.83. The van der Waals surface area contributed by atoms with Crippen LogP contribution in [0.4, 0.5) is 11.4 Å². The number of nitrogen functional groups attached to an aromatic ring is 1. The Labute approximate surface area is 122 Å². The second kappa shape index (κ2) is 5.36. The smallest absolute Gasteiger partial charge is 0.255 e. The van der Waals surface area contributed by atoms with Crippen LogP contribution in [0.1, 0.15) is 15.9 Å². The number of nitrogens with one attached hydrogen (secondary N) is 1. The second-order valence-corrected chi connectivity index (χ2v) is 4.90. The van der Waals surface area contributed by atoms with Gasteiger partial charge in [0, 0.05) is 5.56 Å². The minimum absolute atomic E-state index is 0.232. The van der Waals surface area contributed by atoms with Crippen LogP contribution in [0.5, 0.6) is 11.5 Å². The van der Waals surface area contributed by atoms with E-state index in [2.05, 4.69) is 5.32 Å². The van der Waals surface area contributed by atoms with Crippen molar-refractivity contribution in [1.82, 2.24) is 0 Å². The average molecular weight is 284 g/mol. The monoisotopic (exact) mass is 284 g/mol. The van der Waals surface area contributed by atoms with Gasteiger partial charge in [-0.2, -0.15) is 0 Å². The Hall–Kier alpha value is -2.69. The molecule has 2 aromatic rings. The third-order valence-corrected chi connectivity index (χ3v) is 3.26. The zero-order valence-corrected chi connectivity index (χ0v) is 11.7. The van der Waals surface area contributed by atoms with Gasteiger partial charge in [-0.15, -0.1) is 0 Å². The van der Waals surface area contributed by atoms with Gasteiger partial charge < -0.3 is 20.5 Å². The van der Waals surface area contributed by atoms with Crippen LogP contribution < -0.4 is 20.5 Å². The van der Waals surface area contributed by atoms with Crippen molar-refractivity contribution in [3.05, 3.63) is 47.5 Å². The first-order valence-electron chi connectivity index (χ1n) is 6.70. The number of fused-ring (bicyclic) bond motifs is 1. The Morgan fingerprint density at radius 3 is 2.67 bits per heavy atom. The molecule has 0 saturated carbocycles. The lowest BCUT2D eigenvalue weighted by molar-refractivity contribution is 0.102. The van der Waals surface area contributed by atoms with Crippen molar-refractivity contribution in [2.45, 2.75) is 6.92 Å². The third-order valence-electron chi connectivity index (χ3n) is 3.26. The molecular weight excluding hydrogens is 268 g/mol. The Kier molecular flexibility index (Phi) is 3.39. The number of carbonyl (C=O) groups excluding carboxylic acids is 1. The molecule has 108 valence electrons. The van der Waals surface area contributed by atoms with E-state index in [9.17, 15) is 4.79 Å². The first kappa shape index (κ1) is 13.3. The van der Waals surface area contributed by atoms with Gasteiger partial charge in [-0.05, 0) is 42.8 Å². The maximum absolute atomic E-state index is 12.3. The van der Waals surface area contributed by atoms with Crippen LogP contribution in [0.25, 0.3) is 0 Å². The maximum atomic E-state index is 12.3. The van der Waals surface area contributed by atoms with Crippen molar-refractivity contribution in [3.8, 4) is 11.5 Å². The van der Waals surface area contributed by atoms with Crippen LogP contribution in [0, 0.1) is 6.92 Å². The SMILES string of the molecule is Cc1ccc(N)c(NC(=O)c2ccc3c(c2)OCCO3)c1. The first-order chi connectivity index (χ1) is 10.1. The molecule has 0 aliphatic carbocycles. The van der Waals surface area contributed by atoms with Gasteiger partial charge in [0.05, 0.1) is 11.4 Å². The van der Waals surface area contributed by atoms with Crippen LogP contribution in [0.3, 0.4) is 0 Å². The molecular formula is C16H16N2O3. The van der Waals surface area contributed by atoms with E-state index in [4.69, 9.17) is 15.2 Å². The van der Waals surface area contributed by atoms with E-state index in [0.29, 0.717) is 41.7 Å². The molecule has 2 aromatic carbocycles. The zero-order chi connectivity index (χ0) is 14.8. The molecule has 0 aromatic heterocycles. The highest BCUT2D eigenvalue weighted by atomic mass is 16.6. The van der Waals surface area contributed by atoms with E-state index >= 15 is 0 Å². The molecule has 0 bridgehead atoms. The van der Waals surface area contributed by atoms with Crippen LogP contribution in [0.15, 0.2) is 36.4 Å². The topological polar surface area (TPSA) is 73.6 Å². The molecule has 5 nitrogen and oxygen atoms in total. The summed E-state index contributed by atoms with van der Waals surface area (Å²) in [6.07, 6.45) is 0. The van der Waals surface area contributed by atoms with E-state index in [-0.39, 0.29) is 5.91 Å².